The zero-order valence-corrected chi connectivity index (χ0v) is 10.3. The Kier molecular flexibility index (Phi) is 4.63. The van der Waals surface area contributed by atoms with Crippen LogP contribution in [0, 0.1) is 10.1 Å². The number of hydrogen-bond acceptors (Lipinski definition) is 6. The van der Waals surface area contributed by atoms with Gasteiger partial charge in [-0.15, -0.1) is 0 Å². The number of thiazole rings is 1. The number of nitrogens with zero attached hydrogens (tertiary/aromatic N) is 3. The van der Waals surface area contributed by atoms with Crippen molar-refractivity contribution in [1.29, 1.82) is 0 Å². The second-order valence-electron chi connectivity index (χ2n) is 3.65. The Morgan fingerprint density at radius 3 is 2.69 bits per heavy atom. The van der Waals surface area contributed by atoms with Crippen molar-refractivity contribution in [3.8, 4) is 0 Å². The number of nitrogens with two attached hydrogens (primary N) is 1. The van der Waals surface area contributed by atoms with Gasteiger partial charge in [-0.25, -0.2) is 4.98 Å². The predicted octanol–water partition coefficient (Wildman–Crippen LogP) is 1.40. The molecule has 0 saturated carbocycles. The van der Waals surface area contributed by atoms with Crippen LogP contribution in [0.1, 0.15) is 18.5 Å². The summed E-state index contributed by atoms with van der Waals surface area (Å²) >= 11 is 1.12. The van der Waals surface area contributed by atoms with Crippen molar-refractivity contribution in [3.05, 3.63) is 15.8 Å². The maximum Gasteiger partial charge on any atom is 0.348 e. The Bertz CT molecular complexity index is 364. The summed E-state index contributed by atoms with van der Waals surface area (Å²) in [6.45, 7) is 0.610. The molecule has 0 bridgehead atoms. The molecular weight excluding hydrogens is 228 g/mol. The van der Waals surface area contributed by atoms with Gasteiger partial charge in [-0.1, -0.05) is 0 Å². The Balaban J connectivity index is 2.83. The van der Waals surface area contributed by atoms with Gasteiger partial charge in [0, 0.05) is 14.1 Å². The van der Waals surface area contributed by atoms with Gasteiger partial charge < -0.3 is 10.6 Å². The minimum atomic E-state index is -0.359. The summed E-state index contributed by atoms with van der Waals surface area (Å²) in [5.74, 6) is 0. The first-order chi connectivity index (χ1) is 7.56. The van der Waals surface area contributed by atoms with E-state index in [0.29, 0.717) is 23.8 Å². The quantitative estimate of drug-likeness (QED) is 0.464. The fraction of sp³-hybridized carbons (Fsp3) is 0.667. The fourth-order valence-electron chi connectivity index (χ4n) is 1.27. The van der Waals surface area contributed by atoms with Gasteiger partial charge in [-0.05, 0) is 37.1 Å². The molecule has 0 aliphatic carbocycles. The lowest BCUT2D eigenvalue weighted by Crippen LogP contribution is -2.08. The lowest BCUT2D eigenvalue weighted by atomic mass is 10.2. The van der Waals surface area contributed by atoms with Gasteiger partial charge in [0.05, 0.1) is 4.92 Å². The van der Waals surface area contributed by atoms with Crippen molar-refractivity contribution in [2.75, 3.05) is 25.5 Å². The summed E-state index contributed by atoms with van der Waals surface area (Å²) in [7, 11) is 3.65. The third-order valence-electron chi connectivity index (χ3n) is 2.08. The average molecular weight is 244 g/mol. The van der Waals surface area contributed by atoms with E-state index in [1.54, 1.807) is 4.90 Å². The first-order valence-electron chi connectivity index (χ1n) is 5.07. The lowest BCUT2D eigenvalue weighted by Gasteiger charge is -2.04. The van der Waals surface area contributed by atoms with Crippen LogP contribution < -0.4 is 10.6 Å². The van der Waals surface area contributed by atoms with E-state index in [4.69, 9.17) is 5.73 Å². The molecule has 0 saturated heterocycles. The third kappa shape index (κ3) is 3.14. The molecular formula is C9H16N4O2S. The van der Waals surface area contributed by atoms with Crippen LogP contribution in [0.15, 0.2) is 0 Å². The van der Waals surface area contributed by atoms with Gasteiger partial charge in [0.1, 0.15) is 5.69 Å². The molecule has 0 spiro atoms. The summed E-state index contributed by atoms with van der Waals surface area (Å²) in [5, 5.41) is 11.7. The molecule has 2 N–H and O–H groups in total. The molecule has 7 heteroatoms. The van der Waals surface area contributed by atoms with Crippen LogP contribution in [0.5, 0.6) is 0 Å². The van der Waals surface area contributed by atoms with E-state index in [0.717, 1.165) is 24.2 Å². The Morgan fingerprint density at radius 1 is 1.50 bits per heavy atom. The van der Waals surface area contributed by atoms with Crippen LogP contribution in [-0.4, -0.2) is 30.5 Å². The van der Waals surface area contributed by atoms with E-state index < -0.39 is 0 Å². The third-order valence-corrected chi connectivity index (χ3v) is 3.30. The maximum atomic E-state index is 10.8. The summed E-state index contributed by atoms with van der Waals surface area (Å²) in [4.78, 5) is 16.5. The highest BCUT2D eigenvalue weighted by atomic mass is 32.1. The minimum Gasteiger partial charge on any atom is -0.354 e. The predicted molar refractivity (Wildman–Crippen MR) is 65.1 cm³/mol. The van der Waals surface area contributed by atoms with Crippen molar-refractivity contribution >= 4 is 21.5 Å². The maximum absolute atomic E-state index is 10.8. The SMILES string of the molecule is CN(C)c1nc(CCCCN)c([N+](=O)[O-])s1. The number of nitro groups is 1. The van der Waals surface area contributed by atoms with E-state index in [9.17, 15) is 10.1 Å². The van der Waals surface area contributed by atoms with Crippen LogP contribution in [0.25, 0.3) is 0 Å². The van der Waals surface area contributed by atoms with Gasteiger partial charge >= 0.3 is 5.00 Å². The Labute approximate surface area is 98.2 Å². The van der Waals surface area contributed by atoms with Gasteiger partial charge in [0.25, 0.3) is 0 Å². The van der Waals surface area contributed by atoms with Gasteiger partial charge in [0.2, 0.25) is 0 Å². The molecule has 1 aromatic heterocycles. The number of unbranched alkanes of at least 4 members (excludes halogenated alkanes) is 1. The summed E-state index contributed by atoms with van der Waals surface area (Å²) in [6.07, 6.45) is 2.33. The van der Waals surface area contributed by atoms with Crippen LogP contribution in [0.2, 0.25) is 0 Å². The van der Waals surface area contributed by atoms with Crippen molar-refractivity contribution in [2.24, 2.45) is 5.73 Å². The molecule has 90 valence electrons. The molecule has 0 amide bonds. The smallest absolute Gasteiger partial charge is 0.348 e. The highest BCUT2D eigenvalue weighted by molar-refractivity contribution is 7.18. The van der Waals surface area contributed by atoms with Gasteiger partial charge in [-0.3, -0.25) is 10.1 Å². The molecule has 0 aromatic carbocycles. The summed E-state index contributed by atoms with van der Waals surface area (Å²) < 4.78 is 0. The molecule has 0 radical (unpaired) electrons. The Hall–Kier alpha value is -1.21. The number of aromatic nitrogens is 1. The Morgan fingerprint density at radius 2 is 2.19 bits per heavy atom. The minimum absolute atomic E-state index is 0.153. The molecule has 16 heavy (non-hydrogen) atoms. The van der Waals surface area contributed by atoms with Crippen LogP contribution in [0.4, 0.5) is 10.1 Å². The lowest BCUT2D eigenvalue weighted by molar-refractivity contribution is -0.381. The summed E-state index contributed by atoms with van der Waals surface area (Å²) in [5.41, 5.74) is 5.96. The second kappa shape index (κ2) is 5.76. The fourth-order valence-corrected chi connectivity index (χ4v) is 2.12. The van der Waals surface area contributed by atoms with Crippen LogP contribution in [-0.2, 0) is 6.42 Å². The summed E-state index contributed by atoms with van der Waals surface area (Å²) in [6, 6.07) is 0. The van der Waals surface area contributed by atoms with Crippen LogP contribution in [0.3, 0.4) is 0 Å². The van der Waals surface area contributed by atoms with E-state index in [1.807, 2.05) is 14.1 Å². The highest BCUT2D eigenvalue weighted by Crippen LogP contribution is 2.32. The number of anilines is 1. The molecule has 0 aliphatic heterocycles. The average Bonchev–Trinajstić information content (AvgIpc) is 2.62. The first-order valence-corrected chi connectivity index (χ1v) is 5.89. The molecule has 0 fully saturated rings. The van der Waals surface area contributed by atoms with Crippen molar-refractivity contribution in [2.45, 2.75) is 19.3 Å². The normalized spacial score (nSPS) is 10.4. The molecule has 6 nitrogen and oxygen atoms in total. The largest absolute Gasteiger partial charge is 0.354 e. The van der Waals surface area contributed by atoms with E-state index >= 15 is 0 Å². The zero-order valence-electron chi connectivity index (χ0n) is 9.47. The van der Waals surface area contributed by atoms with E-state index in [-0.39, 0.29) is 9.92 Å². The molecule has 0 atom stereocenters. The standard InChI is InChI=1S/C9H16N4O2S/c1-12(2)9-11-7(5-3-4-6-10)8(16-9)13(14)15/h3-6,10H2,1-2H3. The van der Waals surface area contributed by atoms with E-state index in [1.165, 1.54) is 0 Å². The number of rotatable bonds is 6. The van der Waals surface area contributed by atoms with E-state index in [2.05, 4.69) is 4.98 Å². The molecule has 0 unspecified atom stereocenters. The monoisotopic (exact) mass is 244 g/mol. The molecule has 1 aromatic rings. The topological polar surface area (TPSA) is 85.3 Å². The molecule has 1 heterocycles. The van der Waals surface area contributed by atoms with Crippen molar-refractivity contribution < 1.29 is 4.92 Å². The van der Waals surface area contributed by atoms with Gasteiger partial charge in [-0.2, -0.15) is 0 Å². The van der Waals surface area contributed by atoms with Gasteiger partial charge in [0.15, 0.2) is 5.13 Å². The second-order valence-corrected chi connectivity index (χ2v) is 4.60. The zero-order chi connectivity index (χ0) is 12.1. The number of aryl methyl sites for hydroxylation is 1. The first kappa shape index (κ1) is 12.9. The molecule has 1 rings (SSSR count). The van der Waals surface area contributed by atoms with Crippen molar-refractivity contribution in [3.63, 3.8) is 0 Å². The molecule has 0 aliphatic rings. The van der Waals surface area contributed by atoms with Crippen molar-refractivity contribution in [1.82, 2.24) is 4.98 Å². The number of hydrogen-bond donors (Lipinski definition) is 1. The van der Waals surface area contributed by atoms with Crippen LogP contribution >= 0.6 is 11.3 Å². The highest BCUT2D eigenvalue weighted by Gasteiger charge is 2.21.